The quantitative estimate of drug-likeness (QED) is 0.189. The van der Waals surface area contributed by atoms with Crippen molar-refractivity contribution >= 4 is 32.3 Å². The molecule has 0 aliphatic heterocycles. The van der Waals surface area contributed by atoms with Crippen LogP contribution < -0.4 is 0 Å². The van der Waals surface area contributed by atoms with E-state index in [2.05, 4.69) is 127 Å². The summed E-state index contributed by atoms with van der Waals surface area (Å²) in [7, 11) is 0. The van der Waals surface area contributed by atoms with Gasteiger partial charge in [-0.05, 0) is 60.6 Å². The van der Waals surface area contributed by atoms with Crippen LogP contribution in [0.4, 0.5) is 0 Å². The van der Waals surface area contributed by atoms with Gasteiger partial charge in [-0.1, -0.05) is 158 Å². The fraction of sp³-hybridized carbons (Fsp3) is 0. The molecule has 8 aromatic carbocycles. The van der Waals surface area contributed by atoms with Crippen molar-refractivity contribution in [1.29, 1.82) is 0 Å². The van der Waals surface area contributed by atoms with Crippen LogP contribution >= 0.6 is 0 Å². The molecule has 9 aromatic rings. The smallest absolute Gasteiger partial charge is 0.164 e. The average Bonchev–Trinajstić information content (AvgIpc) is 3.14. The summed E-state index contributed by atoms with van der Waals surface area (Å²) >= 11 is 0. The second-order valence-electron chi connectivity index (χ2n) is 11.7. The summed E-state index contributed by atoms with van der Waals surface area (Å²) in [6, 6.07) is 57.5. The van der Waals surface area contributed by atoms with Gasteiger partial charge in [0.25, 0.3) is 0 Å². The molecule has 0 radical (unpaired) electrons. The normalized spacial score (nSPS) is 11.5. The van der Waals surface area contributed by atoms with Crippen LogP contribution in [0.2, 0.25) is 0 Å². The van der Waals surface area contributed by atoms with E-state index < -0.39 is 0 Å². The van der Waals surface area contributed by atoms with Crippen molar-refractivity contribution in [1.82, 2.24) is 15.0 Å². The molecule has 0 aliphatic carbocycles. The zero-order valence-corrected chi connectivity index (χ0v) is 24.9. The first-order chi connectivity index (χ1) is 22.8. The number of aromatic nitrogens is 3. The molecule has 0 spiro atoms. The van der Waals surface area contributed by atoms with Crippen LogP contribution in [0.5, 0.6) is 0 Å². The molecule has 1 aromatic heterocycles. The molecule has 0 unspecified atom stereocenters. The second-order valence-corrected chi connectivity index (χ2v) is 11.7. The largest absolute Gasteiger partial charge is 0.208 e. The van der Waals surface area contributed by atoms with Crippen LogP contribution in [0.15, 0.2) is 164 Å². The van der Waals surface area contributed by atoms with Crippen molar-refractivity contribution in [3.05, 3.63) is 164 Å². The highest BCUT2D eigenvalue weighted by molar-refractivity contribution is 6.25. The lowest BCUT2D eigenvalue weighted by molar-refractivity contribution is 1.07. The third-order valence-corrected chi connectivity index (χ3v) is 8.88. The summed E-state index contributed by atoms with van der Waals surface area (Å²) in [6.45, 7) is 0. The molecule has 0 bridgehead atoms. The van der Waals surface area contributed by atoms with Gasteiger partial charge >= 0.3 is 0 Å². The van der Waals surface area contributed by atoms with Crippen molar-refractivity contribution in [3.8, 4) is 56.4 Å². The Balaban J connectivity index is 1.18. The molecule has 46 heavy (non-hydrogen) atoms. The van der Waals surface area contributed by atoms with Gasteiger partial charge in [-0.3, -0.25) is 0 Å². The average molecular weight is 586 g/mol. The van der Waals surface area contributed by atoms with Crippen LogP contribution in [0.3, 0.4) is 0 Å². The Kier molecular flexibility index (Phi) is 6.14. The molecule has 0 saturated carbocycles. The van der Waals surface area contributed by atoms with Gasteiger partial charge in [-0.15, -0.1) is 0 Å². The first-order valence-corrected chi connectivity index (χ1v) is 15.5. The van der Waals surface area contributed by atoms with Crippen molar-refractivity contribution < 1.29 is 0 Å². The van der Waals surface area contributed by atoms with Gasteiger partial charge in [0.2, 0.25) is 0 Å². The van der Waals surface area contributed by atoms with E-state index in [1.807, 2.05) is 36.4 Å². The Morgan fingerprint density at radius 2 is 0.739 bits per heavy atom. The van der Waals surface area contributed by atoms with E-state index in [0.29, 0.717) is 17.5 Å². The molecule has 0 amide bonds. The van der Waals surface area contributed by atoms with Gasteiger partial charge in [-0.2, -0.15) is 0 Å². The Bertz CT molecular complexity index is 2490. The van der Waals surface area contributed by atoms with Crippen LogP contribution in [0.25, 0.3) is 88.7 Å². The molecule has 0 N–H and O–H groups in total. The minimum atomic E-state index is 0.649. The lowest BCUT2D eigenvalue weighted by Gasteiger charge is -2.15. The van der Waals surface area contributed by atoms with Crippen molar-refractivity contribution in [2.45, 2.75) is 0 Å². The van der Waals surface area contributed by atoms with Crippen molar-refractivity contribution in [2.75, 3.05) is 0 Å². The van der Waals surface area contributed by atoms with E-state index in [0.717, 1.165) is 27.8 Å². The molecule has 9 rings (SSSR count). The summed E-state index contributed by atoms with van der Waals surface area (Å²) in [5.41, 5.74) is 7.51. The monoisotopic (exact) mass is 585 g/mol. The fourth-order valence-electron chi connectivity index (χ4n) is 6.61. The highest BCUT2D eigenvalue weighted by Gasteiger charge is 2.15. The van der Waals surface area contributed by atoms with Crippen LogP contribution in [0.1, 0.15) is 0 Å². The van der Waals surface area contributed by atoms with E-state index in [9.17, 15) is 0 Å². The SMILES string of the molecule is c1ccc(-c2ccc(-c3nc(-c4ccccc4)nc(-c4cccc(-c5ccc6ccc7cccc8ccc5c6c78)c4)n3)cc2)cc1. The van der Waals surface area contributed by atoms with E-state index in [4.69, 9.17) is 15.0 Å². The Hall–Kier alpha value is -6.19. The number of hydrogen-bond donors (Lipinski definition) is 0. The fourth-order valence-corrected chi connectivity index (χ4v) is 6.61. The summed E-state index contributed by atoms with van der Waals surface area (Å²) in [6.07, 6.45) is 0. The lowest BCUT2D eigenvalue weighted by atomic mass is 9.89. The minimum absolute atomic E-state index is 0.649. The van der Waals surface area contributed by atoms with E-state index >= 15 is 0 Å². The Morgan fingerprint density at radius 3 is 1.43 bits per heavy atom. The number of rotatable bonds is 5. The maximum absolute atomic E-state index is 5.04. The van der Waals surface area contributed by atoms with Crippen LogP contribution in [-0.4, -0.2) is 15.0 Å². The maximum atomic E-state index is 5.04. The zero-order valence-electron chi connectivity index (χ0n) is 24.9. The molecule has 3 heteroatoms. The summed E-state index contributed by atoms with van der Waals surface area (Å²) in [4.78, 5) is 15.0. The van der Waals surface area contributed by atoms with E-state index in [-0.39, 0.29) is 0 Å². The molecule has 1 heterocycles. The predicted molar refractivity (Wildman–Crippen MR) is 191 cm³/mol. The first kappa shape index (κ1) is 26.2. The van der Waals surface area contributed by atoms with Gasteiger partial charge in [-0.25, -0.2) is 15.0 Å². The number of benzene rings is 8. The van der Waals surface area contributed by atoms with Crippen molar-refractivity contribution in [3.63, 3.8) is 0 Å². The second kappa shape index (κ2) is 10.8. The summed E-state index contributed by atoms with van der Waals surface area (Å²) in [5, 5.41) is 7.68. The highest BCUT2D eigenvalue weighted by Crippen LogP contribution is 2.40. The molecule has 214 valence electrons. The predicted octanol–water partition coefficient (Wildman–Crippen LogP) is 11.1. The zero-order chi connectivity index (χ0) is 30.5. The summed E-state index contributed by atoms with van der Waals surface area (Å²) < 4.78 is 0. The van der Waals surface area contributed by atoms with E-state index in [1.54, 1.807) is 0 Å². The van der Waals surface area contributed by atoms with Gasteiger partial charge in [0.05, 0.1) is 0 Å². The Morgan fingerprint density at radius 1 is 0.283 bits per heavy atom. The van der Waals surface area contributed by atoms with E-state index in [1.165, 1.54) is 43.4 Å². The third-order valence-electron chi connectivity index (χ3n) is 8.88. The van der Waals surface area contributed by atoms with Gasteiger partial charge in [0.1, 0.15) is 0 Å². The molecular formula is C43H27N3. The van der Waals surface area contributed by atoms with Crippen molar-refractivity contribution in [2.24, 2.45) is 0 Å². The Labute approximate surface area is 266 Å². The van der Waals surface area contributed by atoms with Gasteiger partial charge in [0, 0.05) is 16.7 Å². The minimum Gasteiger partial charge on any atom is -0.208 e. The standard InChI is InChI=1S/C43H27N3/c1-3-9-28(10-4-1)29-17-21-34(22-18-29)42-44-41(33-11-5-2-6-12-33)45-43(46-42)36-16-8-15-35(27-36)37-25-23-32-20-19-30-13-7-14-31-24-26-38(37)40(32)39(30)31/h1-27H. The van der Waals surface area contributed by atoms with Crippen LogP contribution in [0, 0.1) is 0 Å². The topological polar surface area (TPSA) is 38.7 Å². The molecular weight excluding hydrogens is 558 g/mol. The molecule has 0 saturated heterocycles. The van der Waals surface area contributed by atoms with Crippen LogP contribution in [-0.2, 0) is 0 Å². The molecule has 3 nitrogen and oxygen atoms in total. The number of hydrogen-bond acceptors (Lipinski definition) is 3. The maximum Gasteiger partial charge on any atom is 0.164 e. The first-order valence-electron chi connectivity index (χ1n) is 15.5. The summed E-state index contributed by atoms with van der Waals surface area (Å²) in [5.74, 6) is 1.95. The molecule has 0 atom stereocenters. The van der Waals surface area contributed by atoms with Gasteiger partial charge < -0.3 is 0 Å². The lowest BCUT2D eigenvalue weighted by Crippen LogP contribution is -2.00. The highest BCUT2D eigenvalue weighted by atomic mass is 15.0. The van der Waals surface area contributed by atoms with Gasteiger partial charge in [0.15, 0.2) is 17.5 Å². The third kappa shape index (κ3) is 4.49. The molecule has 0 aliphatic rings. The molecule has 0 fully saturated rings. The number of nitrogens with zero attached hydrogens (tertiary/aromatic N) is 3.